The molecule has 0 aliphatic heterocycles. The van der Waals surface area contributed by atoms with E-state index in [1.54, 1.807) is 0 Å². The fourth-order valence-electron chi connectivity index (χ4n) is 1.83. The van der Waals surface area contributed by atoms with Crippen molar-refractivity contribution in [3.63, 3.8) is 0 Å². The molecular formula is C14H16BrNO7. The van der Waals surface area contributed by atoms with E-state index in [1.165, 1.54) is 7.11 Å². The Labute approximate surface area is 140 Å². The molecule has 0 aromatic heterocycles. The molecule has 23 heavy (non-hydrogen) atoms. The first kappa shape index (κ1) is 18.9. The van der Waals surface area contributed by atoms with Crippen molar-refractivity contribution >= 4 is 33.4 Å². The van der Waals surface area contributed by atoms with Crippen molar-refractivity contribution in [2.75, 3.05) is 19.0 Å². The summed E-state index contributed by atoms with van der Waals surface area (Å²) in [6.07, 6.45) is 2.65. The molecule has 9 heteroatoms. The lowest BCUT2D eigenvalue weighted by Crippen LogP contribution is -2.15. The van der Waals surface area contributed by atoms with Gasteiger partial charge in [-0.2, -0.15) is 0 Å². The number of rotatable bonds is 10. The van der Waals surface area contributed by atoms with E-state index < -0.39 is 27.9 Å². The number of alkyl halides is 1. The van der Waals surface area contributed by atoms with E-state index >= 15 is 0 Å². The molecule has 0 saturated heterocycles. The zero-order valence-corrected chi connectivity index (χ0v) is 14.0. The van der Waals surface area contributed by atoms with Crippen molar-refractivity contribution in [1.82, 2.24) is 0 Å². The predicted octanol–water partition coefficient (Wildman–Crippen LogP) is 2.81. The Hall–Kier alpha value is -2.16. The number of nitro groups is 1. The van der Waals surface area contributed by atoms with Crippen LogP contribution in [0.25, 0.3) is 0 Å². The molecule has 0 radical (unpaired) electrons. The van der Waals surface area contributed by atoms with Crippen molar-refractivity contribution in [3.8, 4) is 11.5 Å². The van der Waals surface area contributed by atoms with Crippen LogP contribution in [-0.2, 0) is 4.79 Å². The Morgan fingerprint density at radius 1 is 1.26 bits per heavy atom. The molecule has 0 saturated carbocycles. The van der Waals surface area contributed by atoms with Gasteiger partial charge in [0.25, 0.3) is 11.5 Å². The molecule has 0 heterocycles. The van der Waals surface area contributed by atoms with E-state index in [0.29, 0.717) is 6.61 Å². The van der Waals surface area contributed by atoms with E-state index in [2.05, 4.69) is 15.9 Å². The molecule has 0 aliphatic rings. The minimum absolute atomic E-state index is 0.0701. The van der Waals surface area contributed by atoms with Crippen molar-refractivity contribution in [1.29, 1.82) is 0 Å². The number of nitrogens with zero attached hydrogens (tertiary/aromatic N) is 1. The van der Waals surface area contributed by atoms with Gasteiger partial charge in [0.1, 0.15) is 5.56 Å². The number of hydrogen-bond acceptors (Lipinski definition) is 6. The Bertz CT molecular complexity index is 603. The van der Waals surface area contributed by atoms with Crippen molar-refractivity contribution in [2.24, 2.45) is 0 Å². The first-order chi connectivity index (χ1) is 10.9. The van der Waals surface area contributed by atoms with Crippen LogP contribution < -0.4 is 9.47 Å². The molecular weight excluding hydrogens is 374 g/mol. The van der Waals surface area contributed by atoms with Crippen LogP contribution in [0.1, 0.15) is 29.6 Å². The second kappa shape index (κ2) is 9.09. The number of carbonyl (C=O) groups excluding carboxylic acids is 1. The highest BCUT2D eigenvalue weighted by atomic mass is 79.9. The quantitative estimate of drug-likeness (QED) is 0.163. The molecule has 0 aliphatic carbocycles. The van der Waals surface area contributed by atoms with Gasteiger partial charge >= 0.3 is 5.97 Å². The number of ketones is 1. The summed E-state index contributed by atoms with van der Waals surface area (Å²) in [6, 6.07) is 2.03. The molecule has 126 valence electrons. The number of carboxylic acids is 1. The summed E-state index contributed by atoms with van der Waals surface area (Å²) in [5, 5.41) is 20.7. The van der Waals surface area contributed by atoms with Gasteiger partial charge in [-0.15, -0.1) is 0 Å². The fraction of sp³-hybridized carbons (Fsp3) is 0.429. The number of Topliss-reactive ketones (excluding diaryl/α,β-unsaturated/α-hetero) is 1. The summed E-state index contributed by atoms with van der Waals surface area (Å²) < 4.78 is 10.5. The molecule has 0 unspecified atom stereocenters. The summed E-state index contributed by atoms with van der Waals surface area (Å²) >= 11 is 3.31. The van der Waals surface area contributed by atoms with Gasteiger partial charge in [-0.3, -0.25) is 14.9 Å². The number of nitro benzene ring substituents is 1. The van der Waals surface area contributed by atoms with Gasteiger partial charge in [0.2, 0.25) is 0 Å². The SMILES string of the molecule is COc1cc(C(=O)C(=O)O)c([N+](=O)[O-])cc1OCCCCCBr. The third-order valence-corrected chi connectivity index (χ3v) is 3.51. The summed E-state index contributed by atoms with van der Waals surface area (Å²) in [5.74, 6) is -2.99. The minimum Gasteiger partial charge on any atom is -0.493 e. The Morgan fingerprint density at radius 3 is 2.48 bits per heavy atom. The van der Waals surface area contributed by atoms with Crippen LogP contribution in [0.15, 0.2) is 12.1 Å². The first-order valence-electron chi connectivity index (χ1n) is 6.75. The summed E-state index contributed by atoms with van der Waals surface area (Å²) in [4.78, 5) is 32.6. The summed E-state index contributed by atoms with van der Waals surface area (Å²) in [5.41, 5.74) is -1.18. The molecule has 0 fully saturated rings. The number of unbranched alkanes of at least 4 members (excludes halogenated alkanes) is 2. The molecule has 0 atom stereocenters. The van der Waals surface area contributed by atoms with Crippen LogP contribution in [0.4, 0.5) is 5.69 Å². The monoisotopic (exact) mass is 389 g/mol. The zero-order chi connectivity index (χ0) is 17.4. The Morgan fingerprint density at radius 2 is 1.96 bits per heavy atom. The van der Waals surface area contributed by atoms with Crippen molar-refractivity contribution in [3.05, 3.63) is 27.8 Å². The summed E-state index contributed by atoms with van der Waals surface area (Å²) in [7, 11) is 1.30. The second-order valence-electron chi connectivity index (χ2n) is 4.51. The molecule has 1 aromatic carbocycles. The average molecular weight is 390 g/mol. The average Bonchev–Trinajstić information content (AvgIpc) is 2.53. The smallest absolute Gasteiger partial charge is 0.377 e. The number of methoxy groups -OCH3 is 1. The van der Waals surface area contributed by atoms with Crippen LogP contribution in [0.2, 0.25) is 0 Å². The maximum absolute atomic E-state index is 11.6. The molecule has 0 bridgehead atoms. The minimum atomic E-state index is -1.78. The lowest BCUT2D eigenvalue weighted by atomic mass is 10.1. The van der Waals surface area contributed by atoms with Gasteiger partial charge in [-0.1, -0.05) is 15.9 Å². The van der Waals surface area contributed by atoms with Crippen LogP contribution >= 0.6 is 15.9 Å². The first-order valence-corrected chi connectivity index (χ1v) is 7.87. The van der Waals surface area contributed by atoms with Gasteiger partial charge in [-0.25, -0.2) is 4.79 Å². The Balaban J connectivity index is 3.07. The number of benzene rings is 1. The van der Waals surface area contributed by atoms with Gasteiger partial charge < -0.3 is 14.6 Å². The number of carboxylic acid groups (broad SMARTS) is 1. The lowest BCUT2D eigenvalue weighted by molar-refractivity contribution is -0.385. The number of ether oxygens (including phenoxy) is 2. The molecule has 8 nitrogen and oxygen atoms in total. The molecule has 1 N–H and O–H groups in total. The third kappa shape index (κ3) is 5.20. The Kier molecular flexibility index (Phi) is 7.46. The van der Waals surface area contributed by atoms with Gasteiger partial charge in [0, 0.05) is 11.4 Å². The van der Waals surface area contributed by atoms with E-state index in [9.17, 15) is 19.7 Å². The van der Waals surface area contributed by atoms with Gasteiger partial charge in [-0.05, 0) is 19.3 Å². The summed E-state index contributed by atoms with van der Waals surface area (Å²) in [6.45, 7) is 0.326. The maximum Gasteiger partial charge on any atom is 0.377 e. The molecule has 0 amide bonds. The molecule has 0 spiro atoms. The van der Waals surface area contributed by atoms with Crippen molar-refractivity contribution < 1.29 is 29.1 Å². The third-order valence-electron chi connectivity index (χ3n) is 2.95. The van der Waals surface area contributed by atoms with Gasteiger partial charge in [0.15, 0.2) is 11.5 Å². The lowest BCUT2D eigenvalue weighted by Gasteiger charge is -2.12. The highest BCUT2D eigenvalue weighted by Crippen LogP contribution is 2.35. The molecule has 1 rings (SSSR count). The van der Waals surface area contributed by atoms with Gasteiger partial charge in [0.05, 0.1) is 24.7 Å². The highest BCUT2D eigenvalue weighted by molar-refractivity contribution is 9.09. The van der Waals surface area contributed by atoms with E-state index in [4.69, 9.17) is 14.6 Å². The normalized spacial score (nSPS) is 10.2. The molecule has 1 aromatic rings. The van der Waals surface area contributed by atoms with E-state index in [1.807, 2.05) is 0 Å². The van der Waals surface area contributed by atoms with Crippen LogP contribution in [0.3, 0.4) is 0 Å². The van der Waals surface area contributed by atoms with Crippen LogP contribution in [-0.4, -0.2) is 40.8 Å². The largest absolute Gasteiger partial charge is 0.493 e. The van der Waals surface area contributed by atoms with Crippen LogP contribution in [0, 0.1) is 10.1 Å². The van der Waals surface area contributed by atoms with E-state index in [-0.39, 0.29) is 11.5 Å². The fourth-order valence-corrected chi connectivity index (χ4v) is 2.22. The second-order valence-corrected chi connectivity index (χ2v) is 5.30. The van der Waals surface area contributed by atoms with Crippen LogP contribution in [0.5, 0.6) is 11.5 Å². The number of aliphatic carboxylic acids is 1. The predicted molar refractivity (Wildman–Crippen MR) is 84.8 cm³/mol. The maximum atomic E-state index is 11.6. The topological polar surface area (TPSA) is 116 Å². The standard InChI is InChI=1S/C14H16BrNO7/c1-22-11-7-9(13(17)14(18)19)10(16(20)21)8-12(11)23-6-4-2-3-5-15/h7-8H,2-6H2,1H3,(H,18,19). The number of halogens is 1. The number of carbonyl (C=O) groups is 2. The zero-order valence-electron chi connectivity index (χ0n) is 12.4. The highest BCUT2D eigenvalue weighted by Gasteiger charge is 2.28. The van der Waals surface area contributed by atoms with Crippen molar-refractivity contribution in [2.45, 2.75) is 19.3 Å². The number of hydrogen-bond donors (Lipinski definition) is 1. The van der Waals surface area contributed by atoms with E-state index in [0.717, 1.165) is 36.7 Å².